The standard InChI is InChI=1S/C15H20ClFN2O2.ClH/c16-13-9-12(17)2-1-10(13)3-6-19-15(20)14(18)11-4-7-21-8-5-11;/h1-2,9,11,14H,3-8,18H2,(H,19,20);1H. The molecule has 0 saturated carbocycles. The van der Waals surface area contributed by atoms with Crippen molar-refractivity contribution in [3.05, 3.63) is 34.6 Å². The molecule has 7 heteroatoms. The highest BCUT2D eigenvalue weighted by Crippen LogP contribution is 2.18. The quantitative estimate of drug-likeness (QED) is 0.856. The van der Waals surface area contributed by atoms with E-state index in [4.69, 9.17) is 22.1 Å². The zero-order valence-electron chi connectivity index (χ0n) is 12.2. The molecule has 22 heavy (non-hydrogen) atoms. The Morgan fingerprint density at radius 1 is 1.45 bits per heavy atom. The van der Waals surface area contributed by atoms with E-state index < -0.39 is 6.04 Å². The van der Waals surface area contributed by atoms with E-state index in [9.17, 15) is 9.18 Å². The van der Waals surface area contributed by atoms with Gasteiger partial charge in [0.25, 0.3) is 0 Å². The molecule has 0 radical (unpaired) electrons. The molecule has 1 amide bonds. The maximum Gasteiger partial charge on any atom is 0.237 e. The number of nitrogens with one attached hydrogen (secondary N) is 1. The average molecular weight is 351 g/mol. The van der Waals surface area contributed by atoms with Crippen molar-refractivity contribution in [2.24, 2.45) is 11.7 Å². The van der Waals surface area contributed by atoms with Gasteiger partial charge in [0.15, 0.2) is 0 Å². The molecule has 0 aromatic heterocycles. The molecule has 1 aromatic rings. The van der Waals surface area contributed by atoms with Gasteiger partial charge in [0.05, 0.1) is 6.04 Å². The Bertz CT molecular complexity index is 496. The summed E-state index contributed by atoms with van der Waals surface area (Å²) in [6.07, 6.45) is 2.18. The van der Waals surface area contributed by atoms with Crippen molar-refractivity contribution < 1.29 is 13.9 Å². The van der Waals surface area contributed by atoms with Crippen molar-refractivity contribution in [2.45, 2.75) is 25.3 Å². The summed E-state index contributed by atoms with van der Waals surface area (Å²) >= 11 is 5.94. The normalized spacial score (nSPS) is 16.7. The number of nitrogens with two attached hydrogens (primary N) is 1. The van der Waals surface area contributed by atoms with Crippen LogP contribution in [0.4, 0.5) is 4.39 Å². The van der Waals surface area contributed by atoms with E-state index in [1.54, 1.807) is 6.07 Å². The Morgan fingerprint density at radius 3 is 2.77 bits per heavy atom. The summed E-state index contributed by atoms with van der Waals surface area (Å²) in [6, 6.07) is 3.75. The number of hydrogen-bond acceptors (Lipinski definition) is 3. The molecule has 1 heterocycles. The van der Waals surface area contributed by atoms with Gasteiger partial charge >= 0.3 is 0 Å². The minimum Gasteiger partial charge on any atom is -0.381 e. The summed E-state index contributed by atoms with van der Waals surface area (Å²) in [5, 5.41) is 3.19. The van der Waals surface area contributed by atoms with Crippen LogP contribution in [-0.2, 0) is 16.0 Å². The molecule has 4 nitrogen and oxygen atoms in total. The van der Waals surface area contributed by atoms with Crippen molar-refractivity contribution in [3.8, 4) is 0 Å². The highest BCUT2D eigenvalue weighted by atomic mass is 35.5. The first-order valence-corrected chi connectivity index (χ1v) is 7.50. The summed E-state index contributed by atoms with van der Waals surface area (Å²) in [7, 11) is 0. The van der Waals surface area contributed by atoms with Crippen LogP contribution in [0.2, 0.25) is 5.02 Å². The van der Waals surface area contributed by atoms with Crippen LogP contribution < -0.4 is 11.1 Å². The molecular formula is C15H21Cl2FN2O2. The third-order valence-electron chi connectivity index (χ3n) is 3.79. The minimum atomic E-state index is -0.502. The molecule has 1 aliphatic rings. The number of benzene rings is 1. The van der Waals surface area contributed by atoms with Gasteiger partial charge in [0.1, 0.15) is 5.82 Å². The van der Waals surface area contributed by atoms with Gasteiger partial charge < -0.3 is 15.8 Å². The van der Waals surface area contributed by atoms with Crippen LogP contribution in [-0.4, -0.2) is 31.7 Å². The van der Waals surface area contributed by atoms with Gasteiger partial charge in [0, 0.05) is 24.8 Å². The molecule has 0 aliphatic carbocycles. The van der Waals surface area contributed by atoms with Gasteiger partial charge in [-0.25, -0.2) is 4.39 Å². The van der Waals surface area contributed by atoms with Crippen LogP contribution in [0.25, 0.3) is 0 Å². The third kappa shape index (κ3) is 5.39. The van der Waals surface area contributed by atoms with Crippen LogP contribution >= 0.6 is 24.0 Å². The van der Waals surface area contributed by atoms with Crippen LogP contribution in [0.5, 0.6) is 0 Å². The van der Waals surface area contributed by atoms with Crippen molar-refractivity contribution in [3.63, 3.8) is 0 Å². The number of carbonyl (C=O) groups excluding carboxylic acids is 1. The lowest BCUT2D eigenvalue weighted by Crippen LogP contribution is -2.47. The highest BCUT2D eigenvalue weighted by molar-refractivity contribution is 6.31. The molecule has 0 spiro atoms. The summed E-state index contributed by atoms with van der Waals surface area (Å²) in [5.74, 6) is -0.345. The Kier molecular flexibility index (Phi) is 8.10. The van der Waals surface area contributed by atoms with Gasteiger partial charge in [-0.2, -0.15) is 0 Å². The second-order valence-corrected chi connectivity index (χ2v) is 5.66. The number of carbonyl (C=O) groups is 1. The smallest absolute Gasteiger partial charge is 0.237 e. The van der Waals surface area contributed by atoms with Gasteiger partial charge in [-0.05, 0) is 42.9 Å². The molecule has 1 saturated heterocycles. The molecule has 124 valence electrons. The van der Waals surface area contributed by atoms with Gasteiger partial charge in [-0.1, -0.05) is 17.7 Å². The first kappa shape index (κ1) is 19.2. The fraction of sp³-hybridized carbons (Fsp3) is 0.533. The van der Waals surface area contributed by atoms with E-state index >= 15 is 0 Å². The van der Waals surface area contributed by atoms with Gasteiger partial charge in [-0.3, -0.25) is 4.79 Å². The number of hydrogen-bond donors (Lipinski definition) is 2. The van der Waals surface area contributed by atoms with Crippen LogP contribution in [0.3, 0.4) is 0 Å². The van der Waals surface area contributed by atoms with Crippen molar-refractivity contribution >= 4 is 29.9 Å². The Labute approximate surface area is 140 Å². The van der Waals surface area contributed by atoms with E-state index in [-0.39, 0.29) is 30.0 Å². The first-order valence-electron chi connectivity index (χ1n) is 7.13. The molecular weight excluding hydrogens is 330 g/mol. The maximum atomic E-state index is 12.9. The summed E-state index contributed by atoms with van der Waals surface area (Å²) in [5.41, 5.74) is 6.78. The second-order valence-electron chi connectivity index (χ2n) is 5.25. The molecule has 1 atom stereocenters. The molecule has 2 rings (SSSR count). The summed E-state index contributed by atoms with van der Waals surface area (Å²) in [6.45, 7) is 1.76. The van der Waals surface area contributed by atoms with Crippen molar-refractivity contribution in [2.75, 3.05) is 19.8 Å². The van der Waals surface area contributed by atoms with Crippen LogP contribution in [0.1, 0.15) is 18.4 Å². The number of ether oxygens (including phenoxy) is 1. The van der Waals surface area contributed by atoms with E-state index in [2.05, 4.69) is 5.32 Å². The molecule has 1 unspecified atom stereocenters. The van der Waals surface area contributed by atoms with E-state index in [1.807, 2.05) is 0 Å². The SMILES string of the molecule is Cl.NC(C(=O)NCCc1ccc(F)cc1Cl)C1CCOCC1. The summed E-state index contributed by atoms with van der Waals surface area (Å²) < 4.78 is 18.2. The van der Waals surface area contributed by atoms with Gasteiger partial charge in [-0.15, -0.1) is 12.4 Å². The molecule has 1 fully saturated rings. The van der Waals surface area contributed by atoms with E-state index in [0.717, 1.165) is 18.4 Å². The zero-order valence-corrected chi connectivity index (χ0v) is 13.8. The van der Waals surface area contributed by atoms with Crippen molar-refractivity contribution in [1.82, 2.24) is 5.32 Å². The first-order chi connectivity index (χ1) is 10.1. The highest BCUT2D eigenvalue weighted by Gasteiger charge is 2.26. The topological polar surface area (TPSA) is 64.4 Å². The van der Waals surface area contributed by atoms with E-state index in [1.165, 1.54) is 12.1 Å². The Balaban J connectivity index is 0.00000242. The largest absolute Gasteiger partial charge is 0.381 e. The van der Waals surface area contributed by atoms with Gasteiger partial charge in [0.2, 0.25) is 5.91 Å². The Morgan fingerprint density at radius 2 is 2.14 bits per heavy atom. The third-order valence-corrected chi connectivity index (χ3v) is 4.14. The fourth-order valence-corrected chi connectivity index (χ4v) is 2.71. The molecule has 0 bridgehead atoms. The summed E-state index contributed by atoms with van der Waals surface area (Å²) in [4.78, 5) is 12.0. The predicted octanol–water partition coefficient (Wildman–Crippen LogP) is 2.31. The number of amides is 1. The van der Waals surface area contributed by atoms with Crippen LogP contribution in [0, 0.1) is 11.7 Å². The van der Waals surface area contributed by atoms with Crippen molar-refractivity contribution in [1.29, 1.82) is 0 Å². The molecule has 1 aliphatic heterocycles. The monoisotopic (exact) mass is 350 g/mol. The zero-order chi connectivity index (χ0) is 15.2. The lowest BCUT2D eigenvalue weighted by Gasteiger charge is -2.26. The van der Waals surface area contributed by atoms with Crippen LogP contribution in [0.15, 0.2) is 18.2 Å². The molecule has 1 aromatic carbocycles. The average Bonchev–Trinajstić information content (AvgIpc) is 2.49. The number of halogens is 3. The maximum absolute atomic E-state index is 12.9. The predicted molar refractivity (Wildman–Crippen MR) is 86.9 cm³/mol. The Hall–Kier alpha value is -0.880. The molecule has 3 N–H and O–H groups in total. The lowest BCUT2D eigenvalue weighted by molar-refractivity contribution is -0.124. The lowest BCUT2D eigenvalue weighted by atomic mass is 9.92. The fourth-order valence-electron chi connectivity index (χ4n) is 2.45. The van der Waals surface area contributed by atoms with E-state index in [0.29, 0.717) is 31.2 Å². The minimum absolute atomic E-state index is 0. The number of rotatable bonds is 5. The second kappa shape index (κ2) is 9.30.